The Kier molecular flexibility index (Phi) is 4.24. The Balaban J connectivity index is 2.21. The van der Waals surface area contributed by atoms with Crippen LogP contribution >= 0.6 is 0 Å². The van der Waals surface area contributed by atoms with Crippen molar-refractivity contribution in [3.05, 3.63) is 0 Å². The molecular weight excluding hydrogens is 158 g/mol. The molecule has 1 aliphatic carbocycles. The fraction of sp³-hybridized carbons (Fsp3) is 1.00. The van der Waals surface area contributed by atoms with Gasteiger partial charge in [0.05, 0.1) is 0 Å². The molecule has 0 saturated heterocycles. The van der Waals surface area contributed by atoms with E-state index in [9.17, 15) is 0 Å². The van der Waals surface area contributed by atoms with E-state index in [2.05, 4.69) is 33.0 Å². The molecule has 0 bridgehead atoms. The summed E-state index contributed by atoms with van der Waals surface area (Å²) in [5.41, 5.74) is 0. The molecule has 1 N–H and O–H groups in total. The second-order valence-electron chi connectivity index (χ2n) is 5.24. The van der Waals surface area contributed by atoms with Crippen molar-refractivity contribution in [2.45, 2.75) is 65.5 Å². The van der Waals surface area contributed by atoms with Gasteiger partial charge in [0.25, 0.3) is 0 Å². The van der Waals surface area contributed by atoms with E-state index in [1.807, 2.05) is 0 Å². The summed E-state index contributed by atoms with van der Waals surface area (Å²) in [6.07, 6.45) is 5.67. The maximum absolute atomic E-state index is 3.70. The zero-order chi connectivity index (χ0) is 9.84. The van der Waals surface area contributed by atoms with Gasteiger partial charge >= 0.3 is 0 Å². The van der Waals surface area contributed by atoms with Gasteiger partial charge in [-0.2, -0.15) is 0 Å². The molecule has 0 aromatic carbocycles. The van der Waals surface area contributed by atoms with E-state index in [1.165, 1.54) is 25.7 Å². The third-order valence-electron chi connectivity index (χ3n) is 2.79. The standard InChI is InChI=1S/C12H25N/c1-9(2)5-8-12(11-6-7-11)13-10(3)4/h9-13H,5-8H2,1-4H3/t12-/m0/s1. The Morgan fingerprint density at radius 1 is 1.08 bits per heavy atom. The summed E-state index contributed by atoms with van der Waals surface area (Å²) in [6.45, 7) is 9.15. The Hall–Kier alpha value is -0.0400. The van der Waals surface area contributed by atoms with E-state index in [1.54, 1.807) is 0 Å². The molecule has 1 aliphatic rings. The zero-order valence-electron chi connectivity index (χ0n) is 9.64. The van der Waals surface area contributed by atoms with Crippen molar-refractivity contribution in [1.82, 2.24) is 5.32 Å². The third kappa shape index (κ3) is 4.66. The van der Waals surface area contributed by atoms with Crippen molar-refractivity contribution in [3.8, 4) is 0 Å². The first-order valence-corrected chi connectivity index (χ1v) is 5.85. The lowest BCUT2D eigenvalue weighted by Crippen LogP contribution is -2.36. The monoisotopic (exact) mass is 183 g/mol. The van der Waals surface area contributed by atoms with E-state index in [0.717, 1.165) is 17.9 Å². The van der Waals surface area contributed by atoms with Gasteiger partial charge in [-0.3, -0.25) is 0 Å². The first-order valence-electron chi connectivity index (χ1n) is 5.85. The van der Waals surface area contributed by atoms with Crippen LogP contribution in [0, 0.1) is 11.8 Å². The number of hydrogen-bond donors (Lipinski definition) is 1. The van der Waals surface area contributed by atoms with Crippen molar-refractivity contribution in [1.29, 1.82) is 0 Å². The van der Waals surface area contributed by atoms with Crippen LogP contribution in [0.1, 0.15) is 53.4 Å². The maximum Gasteiger partial charge on any atom is 0.00977 e. The highest BCUT2D eigenvalue weighted by molar-refractivity contribution is 4.87. The molecule has 0 aromatic rings. The Morgan fingerprint density at radius 2 is 1.69 bits per heavy atom. The summed E-state index contributed by atoms with van der Waals surface area (Å²) in [7, 11) is 0. The van der Waals surface area contributed by atoms with E-state index < -0.39 is 0 Å². The maximum atomic E-state index is 3.70. The van der Waals surface area contributed by atoms with Gasteiger partial charge in [0.15, 0.2) is 0 Å². The van der Waals surface area contributed by atoms with Gasteiger partial charge in [-0.1, -0.05) is 27.7 Å². The second kappa shape index (κ2) is 4.99. The van der Waals surface area contributed by atoms with Gasteiger partial charge in [-0.25, -0.2) is 0 Å². The molecule has 0 amide bonds. The molecule has 1 heteroatoms. The van der Waals surface area contributed by atoms with Crippen LogP contribution in [0.25, 0.3) is 0 Å². The summed E-state index contributed by atoms with van der Waals surface area (Å²) in [6, 6.07) is 1.46. The van der Waals surface area contributed by atoms with Crippen LogP contribution in [0.3, 0.4) is 0 Å². The summed E-state index contributed by atoms with van der Waals surface area (Å²) < 4.78 is 0. The fourth-order valence-electron chi connectivity index (χ4n) is 1.89. The SMILES string of the molecule is CC(C)CC[C@H](NC(C)C)C1CC1. The van der Waals surface area contributed by atoms with Gasteiger partial charge in [-0.05, 0) is 37.5 Å². The molecule has 1 atom stereocenters. The van der Waals surface area contributed by atoms with Gasteiger partial charge in [-0.15, -0.1) is 0 Å². The summed E-state index contributed by atoms with van der Waals surface area (Å²) in [5, 5.41) is 3.70. The highest BCUT2D eigenvalue weighted by Crippen LogP contribution is 2.35. The minimum Gasteiger partial charge on any atom is -0.312 e. The summed E-state index contributed by atoms with van der Waals surface area (Å²) >= 11 is 0. The zero-order valence-corrected chi connectivity index (χ0v) is 9.64. The molecule has 0 radical (unpaired) electrons. The predicted octanol–water partition coefficient (Wildman–Crippen LogP) is 3.20. The smallest absolute Gasteiger partial charge is 0.00977 e. The Bertz CT molecular complexity index is 136. The van der Waals surface area contributed by atoms with Crippen LogP contribution in [-0.4, -0.2) is 12.1 Å². The van der Waals surface area contributed by atoms with Crippen molar-refractivity contribution in [3.63, 3.8) is 0 Å². The molecule has 1 rings (SSSR count). The first kappa shape index (κ1) is 11.0. The molecular formula is C12H25N. The Morgan fingerprint density at radius 3 is 2.08 bits per heavy atom. The normalized spacial score (nSPS) is 19.8. The van der Waals surface area contributed by atoms with Crippen molar-refractivity contribution >= 4 is 0 Å². The molecule has 0 spiro atoms. The quantitative estimate of drug-likeness (QED) is 0.667. The van der Waals surface area contributed by atoms with Crippen molar-refractivity contribution in [2.24, 2.45) is 11.8 Å². The van der Waals surface area contributed by atoms with Crippen LogP contribution in [0.4, 0.5) is 0 Å². The highest BCUT2D eigenvalue weighted by Gasteiger charge is 2.30. The summed E-state index contributed by atoms with van der Waals surface area (Å²) in [5.74, 6) is 1.86. The van der Waals surface area contributed by atoms with E-state index in [-0.39, 0.29) is 0 Å². The molecule has 1 saturated carbocycles. The van der Waals surface area contributed by atoms with Crippen LogP contribution in [0.15, 0.2) is 0 Å². The van der Waals surface area contributed by atoms with E-state index >= 15 is 0 Å². The number of nitrogens with one attached hydrogen (secondary N) is 1. The minimum atomic E-state index is 0.651. The van der Waals surface area contributed by atoms with E-state index in [0.29, 0.717) is 6.04 Å². The topological polar surface area (TPSA) is 12.0 Å². The lowest BCUT2D eigenvalue weighted by atomic mass is 10.00. The molecule has 0 aromatic heterocycles. The number of rotatable bonds is 6. The van der Waals surface area contributed by atoms with Crippen LogP contribution in [0.2, 0.25) is 0 Å². The lowest BCUT2D eigenvalue weighted by Gasteiger charge is -2.21. The van der Waals surface area contributed by atoms with Gasteiger partial charge < -0.3 is 5.32 Å². The molecule has 0 aliphatic heterocycles. The number of hydrogen-bond acceptors (Lipinski definition) is 1. The van der Waals surface area contributed by atoms with Gasteiger partial charge in [0.2, 0.25) is 0 Å². The van der Waals surface area contributed by atoms with Crippen molar-refractivity contribution < 1.29 is 0 Å². The van der Waals surface area contributed by atoms with E-state index in [4.69, 9.17) is 0 Å². The molecule has 0 unspecified atom stereocenters. The largest absolute Gasteiger partial charge is 0.312 e. The molecule has 1 fully saturated rings. The third-order valence-corrected chi connectivity index (χ3v) is 2.79. The average molecular weight is 183 g/mol. The second-order valence-corrected chi connectivity index (χ2v) is 5.24. The van der Waals surface area contributed by atoms with Gasteiger partial charge in [0, 0.05) is 12.1 Å². The molecule has 13 heavy (non-hydrogen) atoms. The first-order chi connectivity index (χ1) is 6.09. The molecule has 1 nitrogen and oxygen atoms in total. The Labute approximate surface area is 83.3 Å². The minimum absolute atomic E-state index is 0.651. The van der Waals surface area contributed by atoms with Crippen LogP contribution < -0.4 is 5.32 Å². The van der Waals surface area contributed by atoms with Crippen LogP contribution in [-0.2, 0) is 0 Å². The van der Waals surface area contributed by atoms with Gasteiger partial charge in [0.1, 0.15) is 0 Å². The lowest BCUT2D eigenvalue weighted by molar-refractivity contribution is 0.371. The summed E-state index contributed by atoms with van der Waals surface area (Å²) in [4.78, 5) is 0. The average Bonchev–Trinajstić information content (AvgIpc) is 2.78. The predicted molar refractivity (Wildman–Crippen MR) is 58.9 cm³/mol. The molecule has 78 valence electrons. The van der Waals surface area contributed by atoms with Crippen LogP contribution in [0.5, 0.6) is 0 Å². The van der Waals surface area contributed by atoms with Crippen molar-refractivity contribution in [2.75, 3.05) is 0 Å². The highest BCUT2D eigenvalue weighted by atomic mass is 14.9. The fourth-order valence-corrected chi connectivity index (χ4v) is 1.89. The molecule has 0 heterocycles.